The summed E-state index contributed by atoms with van der Waals surface area (Å²) in [5.74, 6) is -4.28. The van der Waals surface area contributed by atoms with Crippen molar-refractivity contribution in [1.29, 1.82) is 0 Å². The Morgan fingerprint density at radius 2 is 1.71 bits per heavy atom. The topological polar surface area (TPSA) is 96.6 Å². The number of rotatable bonds is 7. The van der Waals surface area contributed by atoms with Crippen LogP contribution in [-0.4, -0.2) is 26.5 Å². The van der Waals surface area contributed by atoms with Gasteiger partial charge in [0, 0.05) is 17.3 Å². The summed E-state index contributed by atoms with van der Waals surface area (Å²) >= 11 is 6.03. The average Bonchev–Trinajstić information content (AvgIpc) is 2.71. The summed E-state index contributed by atoms with van der Waals surface area (Å²) in [5, 5.41) is 19.6. The quantitative estimate of drug-likeness (QED) is 0.330. The molecule has 0 saturated carbocycles. The van der Waals surface area contributed by atoms with Gasteiger partial charge in [0.1, 0.15) is 11.6 Å². The monoisotopic (exact) mass is 441 g/mol. The zero-order chi connectivity index (χ0) is 22.5. The van der Waals surface area contributed by atoms with Crippen LogP contribution in [0.25, 0.3) is 5.76 Å². The van der Waals surface area contributed by atoms with Crippen molar-refractivity contribution >= 4 is 29.1 Å². The number of pyridine rings is 1. The number of aliphatic hydroxyl groups is 1. The molecule has 158 valence electrons. The van der Waals surface area contributed by atoms with Crippen LogP contribution in [0.4, 0.5) is 4.39 Å². The molecule has 2 aromatic carbocycles. The number of aliphatic carboxylic acids is 1. The normalized spacial score (nSPS) is 11.4. The molecule has 0 saturated heterocycles. The Kier molecular flexibility index (Phi) is 6.67. The van der Waals surface area contributed by atoms with Gasteiger partial charge in [0.15, 0.2) is 0 Å². The van der Waals surface area contributed by atoms with E-state index in [0.29, 0.717) is 28.6 Å². The summed E-state index contributed by atoms with van der Waals surface area (Å²) in [6.07, 6.45) is 2.43. The minimum atomic E-state index is -1.76. The number of ketones is 1. The molecule has 0 radical (unpaired) electrons. The largest absolute Gasteiger partial charge is 0.507 e. The van der Waals surface area contributed by atoms with Gasteiger partial charge in [0.05, 0.1) is 12.1 Å². The van der Waals surface area contributed by atoms with Crippen LogP contribution in [0.5, 0.6) is 0 Å². The van der Waals surface area contributed by atoms with E-state index in [1.54, 1.807) is 24.4 Å². The second-order valence-electron chi connectivity index (χ2n) is 6.83. The molecule has 3 aromatic rings. The number of aromatic nitrogens is 1. The first-order chi connectivity index (χ1) is 14.7. The Balaban J connectivity index is 2.07. The first-order valence-corrected chi connectivity index (χ1v) is 9.51. The van der Waals surface area contributed by atoms with Gasteiger partial charge in [0.25, 0.3) is 11.3 Å². The molecule has 0 amide bonds. The van der Waals surface area contributed by atoms with Crippen molar-refractivity contribution < 1.29 is 24.2 Å². The predicted octanol–water partition coefficient (Wildman–Crippen LogP) is 3.83. The second-order valence-corrected chi connectivity index (χ2v) is 7.26. The average molecular weight is 442 g/mol. The standard InChI is InChI=1S/C23H17ClFNO5/c24-17-3-1-2-15(9-17)8-16-10-19(20(27)11-21(28)23(30)31)22(29)26(13-16)12-14-4-6-18(25)7-5-14/h1-7,9-11,13,27H,8,12H2,(H,30,31)/b20-11-. The maximum Gasteiger partial charge on any atom is 0.376 e. The lowest BCUT2D eigenvalue weighted by atomic mass is 10.0. The van der Waals surface area contributed by atoms with Gasteiger partial charge < -0.3 is 14.8 Å². The Bertz CT molecular complexity index is 1230. The highest BCUT2D eigenvalue weighted by Gasteiger charge is 2.16. The van der Waals surface area contributed by atoms with Crippen molar-refractivity contribution in [2.75, 3.05) is 0 Å². The summed E-state index contributed by atoms with van der Waals surface area (Å²) in [7, 11) is 0. The molecule has 8 heteroatoms. The van der Waals surface area contributed by atoms with E-state index in [2.05, 4.69) is 0 Å². The molecule has 0 spiro atoms. The van der Waals surface area contributed by atoms with Gasteiger partial charge in [-0.3, -0.25) is 9.59 Å². The van der Waals surface area contributed by atoms with Crippen LogP contribution < -0.4 is 5.56 Å². The highest BCUT2D eigenvalue weighted by atomic mass is 35.5. The molecule has 0 aliphatic heterocycles. The molecule has 2 N–H and O–H groups in total. The number of nitrogens with zero attached hydrogens (tertiary/aromatic N) is 1. The van der Waals surface area contributed by atoms with Crippen LogP contribution in [0, 0.1) is 5.82 Å². The fraction of sp³-hybridized carbons (Fsp3) is 0.0870. The van der Waals surface area contributed by atoms with Gasteiger partial charge in [-0.2, -0.15) is 0 Å². The van der Waals surface area contributed by atoms with Crippen molar-refractivity contribution in [2.24, 2.45) is 0 Å². The van der Waals surface area contributed by atoms with Crippen LogP contribution in [0.15, 0.2) is 71.7 Å². The molecule has 0 aliphatic carbocycles. The van der Waals surface area contributed by atoms with Crippen LogP contribution >= 0.6 is 11.6 Å². The lowest BCUT2D eigenvalue weighted by Crippen LogP contribution is -2.25. The highest BCUT2D eigenvalue weighted by molar-refractivity contribution is 6.38. The summed E-state index contributed by atoms with van der Waals surface area (Å²) in [5.41, 5.74) is 1.24. The molecule has 0 bridgehead atoms. The molecule has 3 rings (SSSR count). The van der Waals surface area contributed by atoms with Crippen LogP contribution in [-0.2, 0) is 22.6 Å². The van der Waals surface area contributed by atoms with E-state index in [9.17, 15) is 23.9 Å². The predicted molar refractivity (Wildman–Crippen MR) is 114 cm³/mol. The maximum absolute atomic E-state index is 13.2. The molecule has 1 heterocycles. The Labute approximate surface area is 181 Å². The number of carboxylic acid groups (broad SMARTS) is 1. The molecule has 0 aliphatic rings. The zero-order valence-corrected chi connectivity index (χ0v) is 16.8. The summed E-state index contributed by atoms with van der Waals surface area (Å²) in [4.78, 5) is 35.2. The molecule has 0 atom stereocenters. The Hall–Kier alpha value is -3.71. The van der Waals surface area contributed by atoms with Crippen LogP contribution in [0.1, 0.15) is 22.3 Å². The van der Waals surface area contributed by atoms with E-state index < -0.39 is 28.9 Å². The zero-order valence-electron chi connectivity index (χ0n) is 16.1. The van der Waals surface area contributed by atoms with Gasteiger partial charge in [0.2, 0.25) is 0 Å². The number of hydrogen-bond acceptors (Lipinski definition) is 4. The van der Waals surface area contributed by atoms with Gasteiger partial charge in [-0.05, 0) is 53.4 Å². The number of carbonyl (C=O) groups is 2. The molecule has 0 unspecified atom stereocenters. The van der Waals surface area contributed by atoms with Crippen molar-refractivity contribution in [2.45, 2.75) is 13.0 Å². The first kappa shape index (κ1) is 22.0. The third-order valence-electron chi connectivity index (χ3n) is 4.46. The van der Waals surface area contributed by atoms with Gasteiger partial charge >= 0.3 is 5.97 Å². The van der Waals surface area contributed by atoms with Crippen molar-refractivity contribution in [3.63, 3.8) is 0 Å². The lowest BCUT2D eigenvalue weighted by Gasteiger charge is -2.12. The van der Waals surface area contributed by atoms with E-state index >= 15 is 0 Å². The van der Waals surface area contributed by atoms with Crippen LogP contribution in [0.3, 0.4) is 0 Å². The molecule has 31 heavy (non-hydrogen) atoms. The highest BCUT2D eigenvalue weighted by Crippen LogP contribution is 2.17. The first-order valence-electron chi connectivity index (χ1n) is 9.13. The summed E-state index contributed by atoms with van der Waals surface area (Å²) < 4.78 is 14.5. The van der Waals surface area contributed by atoms with Crippen molar-refractivity contribution in [1.82, 2.24) is 4.57 Å². The number of hydrogen-bond donors (Lipinski definition) is 2. The second kappa shape index (κ2) is 9.40. The van der Waals surface area contributed by atoms with E-state index in [4.69, 9.17) is 16.7 Å². The molecular formula is C23H17ClFNO5. The van der Waals surface area contributed by atoms with E-state index in [-0.39, 0.29) is 12.1 Å². The smallest absolute Gasteiger partial charge is 0.376 e. The number of benzene rings is 2. The number of carboxylic acids is 1. The number of aliphatic hydroxyl groups excluding tert-OH is 1. The van der Waals surface area contributed by atoms with E-state index in [0.717, 1.165) is 5.56 Å². The third-order valence-corrected chi connectivity index (χ3v) is 4.70. The molecule has 1 aromatic heterocycles. The lowest BCUT2D eigenvalue weighted by molar-refractivity contribution is -0.146. The van der Waals surface area contributed by atoms with Crippen molar-refractivity contribution in [3.8, 4) is 0 Å². The summed E-state index contributed by atoms with van der Waals surface area (Å²) in [6.45, 7) is 0.0790. The van der Waals surface area contributed by atoms with Gasteiger partial charge in [-0.25, -0.2) is 9.18 Å². The third kappa shape index (κ3) is 5.67. The molecule has 6 nitrogen and oxygen atoms in total. The maximum atomic E-state index is 13.2. The fourth-order valence-electron chi connectivity index (χ4n) is 3.03. The Morgan fingerprint density at radius 3 is 2.35 bits per heavy atom. The van der Waals surface area contributed by atoms with E-state index in [1.807, 2.05) is 6.07 Å². The molecular weight excluding hydrogens is 425 g/mol. The number of carbonyl (C=O) groups excluding carboxylic acids is 1. The Morgan fingerprint density at radius 1 is 1.00 bits per heavy atom. The van der Waals surface area contributed by atoms with Gasteiger partial charge in [-0.15, -0.1) is 0 Å². The number of halogens is 2. The summed E-state index contributed by atoms with van der Waals surface area (Å²) in [6, 6.07) is 14.0. The van der Waals surface area contributed by atoms with Crippen LogP contribution in [0.2, 0.25) is 5.02 Å². The SMILES string of the molecule is O=C(O)C(=O)/C=C(\O)c1cc(Cc2cccc(Cl)c2)cn(Cc2ccc(F)cc2)c1=O. The van der Waals surface area contributed by atoms with Gasteiger partial charge in [-0.1, -0.05) is 35.9 Å². The minimum absolute atomic E-state index is 0.0790. The van der Waals surface area contributed by atoms with Crippen molar-refractivity contribution in [3.05, 3.63) is 110 Å². The molecule has 0 fully saturated rings. The van der Waals surface area contributed by atoms with E-state index in [1.165, 1.54) is 34.9 Å². The fourth-order valence-corrected chi connectivity index (χ4v) is 3.24. The minimum Gasteiger partial charge on any atom is -0.507 e.